The van der Waals surface area contributed by atoms with Crippen molar-refractivity contribution < 1.29 is 21.8 Å². The molecule has 9 heteroatoms. The molecule has 0 bridgehead atoms. The molecular weight excluding hydrogens is 276 g/mol. The van der Waals surface area contributed by atoms with Crippen molar-refractivity contribution in [1.82, 2.24) is 0 Å². The summed E-state index contributed by atoms with van der Waals surface area (Å²) in [6.45, 7) is 9.34. The molecule has 0 rings (SSSR count). The number of hydrogen-bond donors (Lipinski definition) is 0. The summed E-state index contributed by atoms with van der Waals surface area (Å²) >= 11 is 0. The van der Waals surface area contributed by atoms with Crippen LogP contribution in [0.15, 0.2) is 12.7 Å². The van der Waals surface area contributed by atoms with Crippen LogP contribution in [-0.2, 0) is 21.8 Å². The number of hydrogen-bond acceptors (Lipinski definition) is 5. The van der Waals surface area contributed by atoms with Crippen molar-refractivity contribution in [1.29, 1.82) is 0 Å². The van der Waals surface area contributed by atoms with E-state index in [1.54, 1.807) is 6.08 Å². The quantitative estimate of drug-likeness (QED) is 0.205. The second-order valence-electron chi connectivity index (χ2n) is 3.62. The lowest BCUT2D eigenvalue weighted by Gasteiger charge is -2.20. The molecule has 0 saturated heterocycles. The van der Waals surface area contributed by atoms with E-state index in [0.717, 1.165) is 0 Å². The molecule has 0 aliphatic heterocycles. The van der Waals surface area contributed by atoms with Crippen molar-refractivity contribution in [3.05, 3.63) is 12.7 Å². The molecule has 0 aliphatic rings. The maximum absolute atomic E-state index is 5.37. The normalized spacial score (nSPS) is 12.1. The molecule has 0 heterocycles. The highest BCUT2D eigenvalue weighted by atomic mass is 28.4. The van der Waals surface area contributed by atoms with Crippen molar-refractivity contribution in [2.75, 3.05) is 0 Å². The molecule has 16 heavy (non-hydrogen) atoms. The smallest absolute Gasteiger partial charge is 0.417 e. The molecule has 0 saturated carbocycles. The SMILES string of the molecule is C=CC[Si](OOC(C)(C)C)O[Si]O[Si]O[Si]. The van der Waals surface area contributed by atoms with Gasteiger partial charge in [0.15, 0.2) is 0 Å². The predicted molar refractivity (Wildman–Crippen MR) is 63.2 cm³/mol. The van der Waals surface area contributed by atoms with Gasteiger partial charge in [0.2, 0.25) is 10.5 Å². The summed E-state index contributed by atoms with van der Waals surface area (Å²) in [5, 5.41) is 0. The molecule has 88 valence electrons. The Morgan fingerprint density at radius 3 is 2.56 bits per heavy atom. The second-order valence-corrected chi connectivity index (χ2v) is 7.72. The Hall–Kier alpha value is 0.408. The summed E-state index contributed by atoms with van der Waals surface area (Å²) in [5.41, 5.74) is -0.356. The van der Waals surface area contributed by atoms with Gasteiger partial charge in [0.25, 0.3) is 0 Å². The Morgan fingerprint density at radius 2 is 2.06 bits per heavy atom. The van der Waals surface area contributed by atoms with Crippen LogP contribution in [0.5, 0.6) is 0 Å². The molecule has 0 fully saturated rings. The Bertz CT molecular complexity index is 186. The molecule has 0 atom stereocenters. The summed E-state index contributed by atoms with van der Waals surface area (Å²) in [5.74, 6) is 0. The maximum atomic E-state index is 5.37. The van der Waals surface area contributed by atoms with Crippen molar-refractivity contribution in [3.8, 4) is 0 Å². The predicted octanol–water partition coefficient (Wildman–Crippen LogP) is 0.609. The van der Waals surface area contributed by atoms with E-state index >= 15 is 0 Å². The van der Waals surface area contributed by atoms with Crippen LogP contribution in [0.2, 0.25) is 6.04 Å². The van der Waals surface area contributed by atoms with Gasteiger partial charge in [0.05, 0.1) is 5.60 Å². The average Bonchev–Trinajstić information content (AvgIpc) is 2.19. The van der Waals surface area contributed by atoms with Gasteiger partial charge in [-0.15, -0.1) is 6.58 Å². The van der Waals surface area contributed by atoms with Crippen molar-refractivity contribution in [2.24, 2.45) is 0 Å². The Kier molecular flexibility index (Phi) is 9.68. The van der Waals surface area contributed by atoms with Gasteiger partial charge >= 0.3 is 29.3 Å². The van der Waals surface area contributed by atoms with Crippen LogP contribution in [-0.4, -0.2) is 45.4 Å². The third kappa shape index (κ3) is 10.9. The highest BCUT2D eigenvalue weighted by Gasteiger charge is 2.21. The van der Waals surface area contributed by atoms with E-state index in [9.17, 15) is 0 Å². The van der Waals surface area contributed by atoms with Gasteiger partial charge in [-0.3, -0.25) is 0 Å². The third-order valence-electron chi connectivity index (χ3n) is 0.976. The van der Waals surface area contributed by atoms with E-state index in [1.807, 2.05) is 20.8 Å². The van der Waals surface area contributed by atoms with E-state index < -0.39 is 9.28 Å². The summed E-state index contributed by atoms with van der Waals surface area (Å²) in [6, 6.07) is 0.620. The zero-order valence-electron chi connectivity index (χ0n) is 9.53. The largest absolute Gasteiger partial charge is 0.435 e. The molecule has 0 N–H and O–H groups in total. The van der Waals surface area contributed by atoms with Gasteiger partial charge in [0.1, 0.15) is 0 Å². The molecule has 0 aromatic carbocycles. The van der Waals surface area contributed by atoms with Crippen molar-refractivity contribution in [2.45, 2.75) is 32.4 Å². The topological polar surface area (TPSA) is 46.2 Å². The minimum Gasteiger partial charge on any atom is -0.435 e. The van der Waals surface area contributed by atoms with Crippen molar-refractivity contribution in [3.63, 3.8) is 0 Å². The minimum atomic E-state index is -1.53. The van der Waals surface area contributed by atoms with Crippen LogP contribution in [0.25, 0.3) is 0 Å². The highest BCUT2D eigenvalue weighted by Crippen LogP contribution is 2.10. The third-order valence-corrected chi connectivity index (χ3v) is 4.11. The van der Waals surface area contributed by atoms with Gasteiger partial charge < -0.3 is 12.3 Å². The van der Waals surface area contributed by atoms with Gasteiger partial charge in [-0.1, -0.05) is 6.08 Å². The van der Waals surface area contributed by atoms with Crippen LogP contribution < -0.4 is 0 Å². The zero-order valence-corrected chi connectivity index (χ0v) is 13.5. The van der Waals surface area contributed by atoms with E-state index in [0.29, 0.717) is 6.04 Å². The highest BCUT2D eigenvalue weighted by molar-refractivity contribution is 6.53. The van der Waals surface area contributed by atoms with Gasteiger partial charge in [-0.2, -0.15) is 0 Å². The second kappa shape index (κ2) is 9.44. The van der Waals surface area contributed by atoms with Crippen LogP contribution in [0, 0.1) is 0 Å². The van der Waals surface area contributed by atoms with Crippen molar-refractivity contribution >= 4 is 39.8 Å². The molecular formula is C7H14O5Si4. The van der Waals surface area contributed by atoms with Gasteiger partial charge in [-0.25, -0.2) is 9.46 Å². The molecule has 5 nitrogen and oxygen atoms in total. The van der Waals surface area contributed by atoms with Gasteiger partial charge in [0, 0.05) is 6.04 Å². The fourth-order valence-electron chi connectivity index (χ4n) is 0.487. The Labute approximate surface area is 107 Å². The van der Waals surface area contributed by atoms with Crippen LogP contribution in [0.3, 0.4) is 0 Å². The zero-order chi connectivity index (χ0) is 12.4. The van der Waals surface area contributed by atoms with Crippen LogP contribution in [0.1, 0.15) is 20.8 Å². The first-order valence-electron chi connectivity index (χ1n) is 4.47. The van der Waals surface area contributed by atoms with E-state index in [-0.39, 0.29) is 25.6 Å². The first-order chi connectivity index (χ1) is 7.49. The molecule has 0 aliphatic carbocycles. The molecule has 0 unspecified atom stereocenters. The van der Waals surface area contributed by atoms with Crippen LogP contribution in [0.4, 0.5) is 0 Å². The Balaban J connectivity index is 3.74. The molecule has 0 amide bonds. The summed E-state index contributed by atoms with van der Waals surface area (Å²) in [4.78, 5) is 5.18. The average molecular weight is 291 g/mol. The first kappa shape index (κ1) is 16.4. The summed E-state index contributed by atoms with van der Waals surface area (Å²) in [7, 11) is 1.07. The summed E-state index contributed by atoms with van der Waals surface area (Å²) in [6.07, 6.45) is 1.73. The van der Waals surface area contributed by atoms with E-state index in [4.69, 9.17) is 17.7 Å². The fraction of sp³-hybridized carbons (Fsp3) is 0.714. The first-order valence-corrected chi connectivity index (χ1v) is 8.03. The fourth-order valence-corrected chi connectivity index (χ4v) is 3.19. The summed E-state index contributed by atoms with van der Waals surface area (Å²) < 4.78 is 20.2. The van der Waals surface area contributed by atoms with Gasteiger partial charge in [-0.05, 0) is 20.8 Å². The standard InChI is InChI=1S/C7H14O5Si4/c1-5-6-16(9-8-7(2,3)4)12-15-11-14-10-13/h5H,1,6H2,2-4H3. The van der Waals surface area contributed by atoms with E-state index in [1.165, 1.54) is 0 Å². The van der Waals surface area contributed by atoms with E-state index in [2.05, 4.69) is 21.2 Å². The lowest BCUT2D eigenvalue weighted by Crippen LogP contribution is -2.31. The lowest BCUT2D eigenvalue weighted by atomic mass is 10.2. The Morgan fingerprint density at radius 1 is 1.38 bits per heavy atom. The maximum Gasteiger partial charge on any atom is 0.417 e. The molecule has 0 aromatic heterocycles. The molecule has 0 aromatic rings. The monoisotopic (exact) mass is 290 g/mol. The lowest BCUT2D eigenvalue weighted by molar-refractivity contribution is -0.287. The molecule has 8 radical (unpaired) electrons. The minimum absolute atomic E-state index is 0.0973. The molecule has 0 spiro atoms. The number of allylic oxidation sites excluding steroid dienone is 1. The van der Waals surface area contributed by atoms with Crippen LogP contribution >= 0.6 is 0 Å². The number of rotatable bonds is 9.